The quantitative estimate of drug-likeness (QED) is 0.706. The molecule has 8 heteroatoms. The summed E-state index contributed by atoms with van der Waals surface area (Å²) in [5.41, 5.74) is 4.87. The standard InChI is InChI=1S/C15H21F3N2O3/c1-9(2)13(19)14(22)20-7-11(21)8-23-12-5-3-10(4-6-12)15(16,17)18/h3-6,9,11,13,21H,7-8,19H2,1-2H3,(H,20,22)/t11?,13-/m0/s1. The lowest BCUT2D eigenvalue weighted by Gasteiger charge is -2.18. The van der Waals surface area contributed by atoms with Gasteiger partial charge in [-0.1, -0.05) is 13.8 Å². The molecule has 0 saturated carbocycles. The van der Waals surface area contributed by atoms with Gasteiger partial charge in [0.1, 0.15) is 18.5 Å². The number of amides is 1. The van der Waals surface area contributed by atoms with E-state index in [-0.39, 0.29) is 30.7 Å². The summed E-state index contributed by atoms with van der Waals surface area (Å²) in [5, 5.41) is 12.2. The Morgan fingerprint density at radius 2 is 1.87 bits per heavy atom. The van der Waals surface area contributed by atoms with E-state index in [1.807, 2.05) is 0 Å². The maximum atomic E-state index is 12.4. The molecule has 1 aromatic rings. The van der Waals surface area contributed by atoms with E-state index in [4.69, 9.17) is 10.5 Å². The molecule has 1 rings (SSSR count). The minimum atomic E-state index is -4.41. The third kappa shape index (κ3) is 6.45. The van der Waals surface area contributed by atoms with Crippen molar-refractivity contribution in [2.45, 2.75) is 32.2 Å². The van der Waals surface area contributed by atoms with E-state index in [1.54, 1.807) is 13.8 Å². The number of aliphatic hydroxyl groups excluding tert-OH is 1. The van der Waals surface area contributed by atoms with Crippen LogP contribution in [0.5, 0.6) is 5.75 Å². The molecular formula is C15H21F3N2O3. The normalized spacial score (nSPS) is 14.4. The largest absolute Gasteiger partial charge is 0.491 e. The topological polar surface area (TPSA) is 84.6 Å². The number of hydrogen-bond acceptors (Lipinski definition) is 4. The summed E-state index contributed by atoms with van der Waals surface area (Å²) in [4.78, 5) is 11.6. The fourth-order valence-electron chi connectivity index (χ4n) is 1.63. The zero-order valence-corrected chi connectivity index (χ0v) is 12.9. The van der Waals surface area contributed by atoms with Crippen molar-refractivity contribution in [3.05, 3.63) is 29.8 Å². The van der Waals surface area contributed by atoms with Crippen LogP contribution in [0.25, 0.3) is 0 Å². The van der Waals surface area contributed by atoms with Gasteiger partial charge in [-0.25, -0.2) is 0 Å². The van der Waals surface area contributed by atoms with Gasteiger partial charge < -0.3 is 20.9 Å². The van der Waals surface area contributed by atoms with Crippen LogP contribution >= 0.6 is 0 Å². The molecule has 0 saturated heterocycles. The van der Waals surface area contributed by atoms with Gasteiger partial charge in [0.05, 0.1) is 11.6 Å². The van der Waals surface area contributed by atoms with Gasteiger partial charge in [0.25, 0.3) is 0 Å². The van der Waals surface area contributed by atoms with Gasteiger partial charge >= 0.3 is 6.18 Å². The number of alkyl halides is 3. The molecule has 0 aliphatic rings. The van der Waals surface area contributed by atoms with E-state index < -0.39 is 23.9 Å². The van der Waals surface area contributed by atoms with Crippen molar-refractivity contribution in [1.82, 2.24) is 5.32 Å². The van der Waals surface area contributed by atoms with E-state index in [0.29, 0.717) is 0 Å². The molecule has 0 aromatic heterocycles. The van der Waals surface area contributed by atoms with Crippen LogP contribution in [0.2, 0.25) is 0 Å². The molecule has 1 aromatic carbocycles. The number of rotatable bonds is 7. The monoisotopic (exact) mass is 334 g/mol. The number of carbonyl (C=O) groups excluding carboxylic acids is 1. The number of hydrogen-bond donors (Lipinski definition) is 3. The lowest BCUT2D eigenvalue weighted by atomic mass is 10.1. The molecule has 2 atom stereocenters. The smallest absolute Gasteiger partial charge is 0.416 e. The summed E-state index contributed by atoms with van der Waals surface area (Å²) < 4.78 is 42.4. The van der Waals surface area contributed by atoms with E-state index in [1.165, 1.54) is 12.1 Å². The maximum absolute atomic E-state index is 12.4. The van der Waals surface area contributed by atoms with Crippen molar-refractivity contribution in [2.24, 2.45) is 11.7 Å². The van der Waals surface area contributed by atoms with Crippen LogP contribution in [0, 0.1) is 5.92 Å². The molecule has 0 spiro atoms. The van der Waals surface area contributed by atoms with E-state index in [0.717, 1.165) is 12.1 Å². The number of nitrogens with two attached hydrogens (primary N) is 1. The first-order valence-corrected chi connectivity index (χ1v) is 7.12. The molecule has 0 bridgehead atoms. The van der Waals surface area contributed by atoms with Crippen molar-refractivity contribution in [1.29, 1.82) is 0 Å². The molecule has 0 radical (unpaired) electrons. The zero-order chi connectivity index (χ0) is 17.6. The lowest BCUT2D eigenvalue weighted by molar-refractivity contribution is -0.137. The Kier molecular flexibility index (Phi) is 6.83. The molecule has 5 nitrogen and oxygen atoms in total. The van der Waals surface area contributed by atoms with Crippen LogP contribution in [0.4, 0.5) is 13.2 Å². The highest BCUT2D eigenvalue weighted by atomic mass is 19.4. The molecule has 0 aliphatic carbocycles. The van der Waals surface area contributed by atoms with Crippen molar-refractivity contribution in [3.63, 3.8) is 0 Å². The van der Waals surface area contributed by atoms with Crippen molar-refractivity contribution < 1.29 is 27.8 Å². The van der Waals surface area contributed by atoms with Crippen LogP contribution in [0.15, 0.2) is 24.3 Å². The summed E-state index contributed by atoms with van der Waals surface area (Å²) in [6, 6.07) is 3.46. The summed E-state index contributed by atoms with van der Waals surface area (Å²) in [6.45, 7) is 3.38. The van der Waals surface area contributed by atoms with Gasteiger partial charge in [-0.3, -0.25) is 4.79 Å². The van der Waals surface area contributed by atoms with Crippen molar-refractivity contribution >= 4 is 5.91 Å². The Hall–Kier alpha value is -1.80. The number of benzene rings is 1. The molecule has 4 N–H and O–H groups in total. The second kappa shape index (κ2) is 8.16. The first kappa shape index (κ1) is 19.2. The highest BCUT2D eigenvalue weighted by Gasteiger charge is 2.30. The molecule has 0 heterocycles. The van der Waals surface area contributed by atoms with Gasteiger partial charge in [-0.05, 0) is 30.2 Å². The highest BCUT2D eigenvalue weighted by molar-refractivity contribution is 5.81. The third-order valence-corrected chi connectivity index (χ3v) is 3.16. The highest BCUT2D eigenvalue weighted by Crippen LogP contribution is 2.30. The predicted octanol–water partition coefficient (Wildman–Crippen LogP) is 1.54. The molecule has 23 heavy (non-hydrogen) atoms. The molecule has 0 fully saturated rings. The number of halogens is 3. The second-order valence-corrected chi connectivity index (χ2v) is 5.50. The molecule has 0 aliphatic heterocycles. The first-order valence-electron chi connectivity index (χ1n) is 7.12. The summed E-state index contributed by atoms with van der Waals surface area (Å²) >= 11 is 0. The van der Waals surface area contributed by atoms with Crippen molar-refractivity contribution in [3.8, 4) is 5.75 Å². The number of aliphatic hydroxyl groups is 1. The molecule has 130 valence electrons. The minimum Gasteiger partial charge on any atom is -0.491 e. The first-order chi connectivity index (χ1) is 10.6. The van der Waals surface area contributed by atoms with Crippen LogP contribution < -0.4 is 15.8 Å². The van der Waals surface area contributed by atoms with Gasteiger partial charge in [-0.2, -0.15) is 13.2 Å². The number of carbonyl (C=O) groups is 1. The predicted molar refractivity (Wildman–Crippen MR) is 78.8 cm³/mol. The fourth-order valence-corrected chi connectivity index (χ4v) is 1.63. The Balaban J connectivity index is 2.39. The Bertz CT molecular complexity index is 504. The van der Waals surface area contributed by atoms with Crippen molar-refractivity contribution in [2.75, 3.05) is 13.2 Å². The van der Waals surface area contributed by atoms with Crippen LogP contribution in [0.1, 0.15) is 19.4 Å². The Morgan fingerprint density at radius 1 is 1.30 bits per heavy atom. The Labute approximate surface area is 132 Å². The van der Waals surface area contributed by atoms with Crippen LogP contribution in [0.3, 0.4) is 0 Å². The summed E-state index contributed by atoms with van der Waals surface area (Å²) in [7, 11) is 0. The van der Waals surface area contributed by atoms with Crippen LogP contribution in [-0.2, 0) is 11.0 Å². The summed E-state index contributed by atoms with van der Waals surface area (Å²) in [6.07, 6.45) is -5.40. The summed E-state index contributed by atoms with van der Waals surface area (Å²) in [5.74, 6) is -0.216. The molecule has 1 amide bonds. The van der Waals surface area contributed by atoms with E-state index in [9.17, 15) is 23.1 Å². The molecular weight excluding hydrogens is 313 g/mol. The number of nitrogens with one attached hydrogen (secondary N) is 1. The van der Waals surface area contributed by atoms with E-state index >= 15 is 0 Å². The Morgan fingerprint density at radius 3 is 2.35 bits per heavy atom. The fraction of sp³-hybridized carbons (Fsp3) is 0.533. The average molecular weight is 334 g/mol. The van der Waals surface area contributed by atoms with Crippen LogP contribution in [-0.4, -0.2) is 36.3 Å². The van der Waals surface area contributed by atoms with Gasteiger partial charge in [0, 0.05) is 6.54 Å². The van der Waals surface area contributed by atoms with E-state index in [2.05, 4.69) is 5.32 Å². The molecule has 1 unspecified atom stereocenters. The zero-order valence-electron chi connectivity index (χ0n) is 12.9. The van der Waals surface area contributed by atoms with Gasteiger partial charge in [0.2, 0.25) is 5.91 Å². The SMILES string of the molecule is CC(C)[C@H](N)C(=O)NCC(O)COc1ccc(C(F)(F)F)cc1. The second-order valence-electron chi connectivity index (χ2n) is 5.50. The average Bonchev–Trinajstić information content (AvgIpc) is 2.49. The maximum Gasteiger partial charge on any atom is 0.416 e. The minimum absolute atomic E-state index is 0.0319. The number of ether oxygens (including phenoxy) is 1. The van der Waals surface area contributed by atoms with Gasteiger partial charge in [0.15, 0.2) is 0 Å². The third-order valence-electron chi connectivity index (χ3n) is 3.16. The van der Waals surface area contributed by atoms with Gasteiger partial charge in [-0.15, -0.1) is 0 Å². The lowest BCUT2D eigenvalue weighted by Crippen LogP contribution is -2.46.